The normalized spacial score (nSPS) is 21.0. The molecule has 1 aromatic carbocycles. The second-order valence-electron chi connectivity index (χ2n) is 7.92. The number of rotatable bonds is 3. The quantitative estimate of drug-likeness (QED) is 0.719. The van der Waals surface area contributed by atoms with Crippen LogP contribution in [0, 0.1) is 0 Å². The zero-order chi connectivity index (χ0) is 18.5. The number of likely N-dealkylation sites (N-methyl/N-ethyl adjacent to an activating group) is 1. The summed E-state index contributed by atoms with van der Waals surface area (Å²) in [6, 6.07) is 7.83. The van der Waals surface area contributed by atoms with E-state index in [1.807, 2.05) is 6.07 Å². The third-order valence-electron chi connectivity index (χ3n) is 5.87. The van der Waals surface area contributed by atoms with E-state index in [4.69, 9.17) is 11.6 Å². The number of halogens is 1. The van der Waals surface area contributed by atoms with Crippen LogP contribution in [0.15, 0.2) is 30.5 Å². The van der Waals surface area contributed by atoms with E-state index in [0.29, 0.717) is 22.5 Å². The Kier molecular flexibility index (Phi) is 4.10. The average Bonchev–Trinajstić information content (AvgIpc) is 3.39. The zero-order valence-electron chi connectivity index (χ0n) is 15.4. The van der Waals surface area contributed by atoms with E-state index in [1.54, 1.807) is 12.1 Å². The number of phenolic OH excluding ortho intramolecular Hbond substituents is 1. The topological polar surface area (TPSA) is 54.2 Å². The van der Waals surface area contributed by atoms with Crippen LogP contribution in [-0.4, -0.2) is 44.9 Å². The number of hydrogen-bond acceptors (Lipinski definition) is 4. The van der Waals surface area contributed by atoms with E-state index in [2.05, 4.69) is 39.0 Å². The third-order valence-corrected chi connectivity index (χ3v) is 6.11. The lowest BCUT2D eigenvalue weighted by Gasteiger charge is -2.30. The fourth-order valence-electron chi connectivity index (χ4n) is 4.38. The van der Waals surface area contributed by atoms with Gasteiger partial charge in [0.05, 0.1) is 0 Å². The fourth-order valence-corrected chi connectivity index (χ4v) is 4.55. The fraction of sp³-hybridized carbons (Fsp3) is 0.429. The highest BCUT2D eigenvalue weighted by Gasteiger charge is 2.32. The van der Waals surface area contributed by atoms with Gasteiger partial charge in [-0.25, -0.2) is 0 Å². The van der Waals surface area contributed by atoms with Crippen molar-refractivity contribution in [1.82, 2.24) is 19.7 Å². The third kappa shape index (κ3) is 2.99. The standard InChI is InChI=1S/C21H23ClN4O/c1-25-9-2-3-15(12-25)26-10-8-17-19(13-4-5-13)20(23-24-21(17)26)16-7-6-14(22)11-18(16)27/h6-8,10-11,13,15,27H,2-5,9,12H2,1H3/t15-/m1/s1. The summed E-state index contributed by atoms with van der Waals surface area (Å²) in [4.78, 5) is 2.38. The molecule has 0 spiro atoms. The molecule has 5 nitrogen and oxygen atoms in total. The summed E-state index contributed by atoms with van der Waals surface area (Å²) in [7, 11) is 2.18. The minimum atomic E-state index is 0.159. The molecule has 1 saturated carbocycles. The molecule has 1 atom stereocenters. The molecule has 2 fully saturated rings. The first kappa shape index (κ1) is 17.0. The molecule has 6 heteroatoms. The lowest BCUT2D eigenvalue weighted by molar-refractivity contribution is 0.214. The van der Waals surface area contributed by atoms with Crippen molar-refractivity contribution in [3.05, 3.63) is 41.0 Å². The molecule has 140 valence electrons. The van der Waals surface area contributed by atoms with Crippen molar-refractivity contribution >= 4 is 22.6 Å². The molecule has 0 bridgehead atoms. The molecule has 0 unspecified atom stereocenters. The van der Waals surface area contributed by atoms with E-state index in [0.717, 1.165) is 24.4 Å². The van der Waals surface area contributed by atoms with E-state index < -0.39 is 0 Å². The summed E-state index contributed by atoms with van der Waals surface area (Å²) in [6.07, 6.45) is 6.88. The van der Waals surface area contributed by atoms with Crippen LogP contribution in [0.4, 0.5) is 0 Å². The summed E-state index contributed by atoms with van der Waals surface area (Å²) in [5.74, 6) is 0.657. The zero-order valence-corrected chi connectivity index (χ0v) is 16.2. The Hall–Kier alpha value is -2.11. The van der Waals surface area contributed by atoms with Crippen molar-refractivity contribution in [3.8, 4) is 17.0 Å². The molecule has 1 N–H and O–H groups in total. The number of nitrogens with zero attached hydrogens (tertiary/aromatic N) is 4. The maximum Gasteiger partial charge on any atom is 0.163 e. The highest BCUT2D eigenvalue weighted by Crippen LogP contribution is 2.48. The van der Waals surface area contributed by atoms with Gasteiger partial charge in [-0.1, -0.05) is 11.6 Å². The molecule has 0 amide bonds. The minimum absolute atomic E-state index is 0.159. The van der Waals surface area contributed by atoms with E-state index in [1.165, 1.54) is 36.6 Å². The molecule has 2 aromatic heterocycles. The molecular weight excluding hydrogens is 360 g/mol. The van der Waals surface area contributed by atoms with Crippen LogP contribution in [-0.2, 0) is 0 Å². The van der Waals surface area contributed by atoms with Crippen LogP contribution in [0.3, 0.4) is 0 Å². The maximum atomic E-state index is 10.4. The Balaban J connectivity index is 1.65. The number of hydrogen-bond donors (Lipinski definition) is 1. The van der Waals surface area contributed by atoms with Crippen molar-refractivity contribution in [2.75, 3.05) is 20.1 Å². The predicted octanol–water partition coefficient (Wildman–Crippen LogP) is 4.60. The van der Waals surface area contributed by atoms with Gasteiger partial charge in [-0.15, -0.1) is 10.2 Å². The summed E-state index contributed by atoms with van der Waals surface area (Å²) in [5.41, 5.74) is 3.69. The lowest BCUT2D eigenvalue weighted by Crippen LogP contribution is -2.33. The van der Waals surface area contributed by atoms with Gasteiger partial charge in [-0.05, 0) is 75.0 Å². The van der Waals surface area contributed by atoms with Gasteiger partial charge in [-0.3, -0.25) is 0 Å². The molecule has 1 aliphatic carbocycles. The second kappa shape index (κ2) is 6.50. The molecular formula is C21H23ClN4O. The first-order chi connectivity index (χ1) is 13.1. The van der Waals surface area contributed by atoms with Gasteiger partial charge >= 0.3 is 0 Å². The molecule has 3 heterocycles. The summed E-state index contributed by atoms with van der Waals surface area (Å²) in [5, 5.41) is 21.3. The Morgan fingerprint density at radius 1 is 1.15 bits per heavy atom. The second-order valence-corrected chi connectivity index (χ2v) is 8.35. The number of piperidine rings is 1. The Morgan fingerprint density at radius 2 is 2.00 bits per heavy atom. The Labute approximate surface area is 163 Å². The van der Waals surface area contributed by atoms with Gasteiger partial charge in [0.15, 0.2) is 5.65 Å². The number of likely N-dealkylation sites (tertiary alicyclic amines) is 1. The van der Waals surface area contributed by atoms with Gasteiger partial charge in [0.25, 0.3) is 0 Å². The molecule has 2 aliphatic rings. The van der Waals surface area contributed by atoms with Crippen LogP contribution >= 0.6 is 11.6 Å². The van der Waals surface area contributed by atoms with Crippen LogP contribution in [0.25, 0.3) is 22.3 Å². The number of aromatic nitrogens is 3. The summed E-state index contributed by atoms with van der Waals surface area (Å²) in [6.45, 7) is 2.21. The lowest BCUT2D eigenvalue weighted by atomic mass is 9.99. The largest absolute Gasteiger partial charge is 0.507 e. The molecule has 1 saturated heterocycles. The number of fused-ring (bicyclic) bond motifs is 1. The van der Waals surface area contributed by atoms with E-state index >= 15 is 0 Å². The summed E-state index contributed by atoms with van der Waals surface area (Å²) < 4.78 is 2.30. The van der Waals surface area contributed by atoms with Gasteiger partial charge in [0.2, 0.25) is 0 Å². The molecule has 1 aliphatic heterocycles. The molecule has 3 aromatic rings. The van der Waals surface area contributed by atoms with E-state index in [9.17, 15) is 5.11 Å². The van der Waals surface area contributed by atoms with E-state index in [-0.39, 0.29) is 5.75 Å². The van der Waals surface area contributed by atoms with Gasteiger partial charge < -0.3 is 14.6 Å². The van der Waals surface area contributed by atoms with Crippen LogP contribution < -0.4 is 0 Å². The van der Waals surface area contributed by atoms with Gasteiger partial charge in [0.1, 0.15) is 11.4 Å². The highest BCUT2D eigenvalue weighted by molar-refractivity contribution is 6.30. The molecule has 27 heavy (non-hydrogen) atoms. The van der Waals surface area contributed by atoms with Crippen molar-refractivity contribution < 1.29 is 5.11 Å². The van der Waals surface area contributed by atoms with Crippen molar-refractivity contribution in [1.29, 1.82) is 0 Å². The Bertz CT molecular complexity index is 1010. The van der Waals surface area contributed by atoms with Gasteiger partial charge in [0, 0.05) is 34.8 Å². The average molecular weight is 383 g/mol. The maximum absolute atomic E-state index is 10.4. The molecule has 5 rings (SSSR count). The van der Waals surface area contributed by atoms with Gasteiger partial charge in [-0.2, -0.15) is 0 Å². The van der Waals surface area contributed by atoms with Crippen molar-refractivity contribution in [2.24, 2.45) is 0 Å². The summed E-state index contributed by atoms with van der Waals surface area (Å²) >= 11 is 6.01. The predicted molar refractivity (Wildman–Crippen MR) is 107 cm³/mol. The molecule has 0 radical (unpaired) electrons. The highest BCUT2D eigenvalue weighted by atomic mass is 35.5. The monoisotopic (exact) mass is 382 g/mol. The smallest absolute Gasteiger partial charge is 0.163 e. The first-order valence-electron chi connectivity index (χ1n) is 9.66. The number of aromatic hydroxyl groups is 1. The SMILES string of the molecule is CN1CCC[C@@H](n2ccc3c(C4CC4)c(-c4ccc(Cl)cc4O)nnc32)C1. The van der Waals surface area contributed by atoms with Crippen LogP contribution in [0.5, 0.6) is 5.75 Å². The Morgan fingerprint density at radius 3 is 2.74 bits per heavy atom. The van der Waals surface area contributed by atoms with Crippen LogP contribution in [0.2, 0.25) is 5.02 Å². The minimum Gasteiger partial charge on any atom is -0.507 e. The first-order valence-corrected chi connectivity index (χ1v) is 10.0. The van der Waals surface area contributed by atoms with Crippen molar-refractivity contribution in [2.45, 2.75) is 37.6 Å². The number of benzene rings is 1. The van der Waals surface area contributed by atoms with Crippen molar-refractivity contribution in [3.63, 3.8) is 0 Å². The number of phenols is 1. The van der Waals surface area contributed by atoms with Crippen LogP contribution in [0.1, 0.15) is 43.2 Å².